The first-order valence-corrected chi connectivity index (χ1v) is 28.3. The van der Waals surface area contributed by atoms with Gasteiger partial charge in [-0.2, -0.15) is 0 Å². The third-order valence-corrected chi connectivity index (χ3v) is 12.6. The van der Waals surface area contributed by atoms with E-state index in [1.807, 2.05) is 0 Å². The van der Waals surface area contributed by atoms with Crippen molar-refractivity contribution in [2.45, 2.75) is 107 Å². The number of nitrogens with two attached hydrogens (primary N) is 4. The molecular weight excluding hydrogens is 1280 g/mol. The number of carboxylic acid groups (broad SMARTS) is 2. The number of nitrogens with one attached hydrogen (secondary N) is 4. The minimum absolute atomic E-state index is 0.0272. The second-order valence-corrected chi connectivity index (χ2v) is 19.6. The van der Waals surface area contributed by atoms with Crippen LogP contribution in [0.4, 0.5) is 0 Å². The zero-order chi connectivity index (χ0) is 64.0. The number of ether oxygens (including phenoxy) is 8. The van der Waals surface area contributed by atoms with E-state index in [-0.39, 0.29) is 71.4 Å². The highest BCUT2D eigenvalue weighted by molar-refractivity contribution is 14.1. The van der Waals surface area contributed by atoms with Crippen molar-refractivity contribution in [3.63, 3.8) is 0 Å². The van der Waals surface area contributed by atoms with E-state index in [9.17, 15) is 64.2 Å². The third kappa shape index (κ3) is 25.4. The van der Waals surface area contributed by atoms with Gasteiger partial charge in [0.05, 0.1) is 133 Å². The van der Waals surface area contributed by atoms with Gasteiger partial charge in [-0.05, 0) is 12.2 Å². The second kappa shape index (κ2) is 37.9. The van der Waals surface area contributed by atoms with Crippen LogP contribution in [0.2, 0.25) is 0 Å². The number of guanidine groups is 2. The van der Waals surface area contributed by atoms with Crippen molar-refractivity contribution in [1.29, 1.82) is 0 Å². The molecule has 38 nitrogen and oxygen atoms in total. The summed E-state index contributed by atoms with van der Waals surface area (Å²) >= 11 is 2.09. The molecule has 0 spiro atoms. The smallest absolute Gasteiger partial charge is 0.370 e. The summed E-state index contributed by atoms with van der Waals surface area (Å²) < 4.78 is 47.7. The summed E-state index contributed by atoms with van der Waals surface area (Å²) in [7, 11) is 0. The van der Waals surface area contributed by atoms with E-state index in [1.54, 1.807) is 0 Å². The monoisotopic (exact) mass is 1350 g/mol. The number of carboxylic acids is 2. The largest absolute Gasteiger partial charge is 0.478 e. The molecular formula is C48H76IN17O21. The van der Waals surface area contributed by atoms with Gasteiger partial charge < -0.3 is 118 Å². The molecule has 0 aliphatic carbocycles. The Morgan fingerprint density at radius 3 is 1.40 bits per heavy atom. The predicted octanol–water partition coefficient (Wildman–Crippen LogP) is -8.02. The van der Waals surface area contributed by atoms with E-state index in [2.05, 4.69) is 74.5 Å². The number of aliphatic carboxylic acids is 2. The van der Waals surface area contributed by atoms with Gasteiger partial charge in [0.15, 0.2) is 24.1 Å². The van der Waals surface area contributed by atoms with Crippen molar-refractivity contribution in [3.05, 3.63) is 47.5 Å². The van der Waals surface area contributed by atoms with E-state index in [0.29, 0.717) is 42.4 Å². The minimum atomic E-state index is -1.76. The van der Waals surface area contributed by atoms with Gasteiger partial charge in [0.2, 0.25) is 41.1 Å². The molecule has 2 aliphatic heterocycles. The summed E-state index contributed by atoms with van der Waals surface area (Å²) in [5, 5.41) is 87.6. The lowest BCUT2D eigenvalue weighted by molar-refractivity contribution is -0.158. The number of halogens is 1. The van der Waals surface area contributed by atoms with Crippen LogP contribution in [0.15, 0.2) is 46.0 Å². The zero-order valence-corrected chi connectivity index (χ0v) is 49.7. The van der Waals surface area contributed by atoms with Gasteiger partial charge in [-0.1, -0.05) is 33.0 Å². The van der Waals surface area contributed by atoms with Crippen LogP contribution in [0.3, 0.4) is 0 Å². The van der Waals surface area contributed by atoms with Crippen LogP contribution < -0.4 is 44.2 Å². The highest BCUT2D eigenvalue weighted by Gasteiger charge is 2.47. The van der Waals surface area contributed by atoms with E-state index >= 15 is 0 Å². The summed E-state index contributed by atoms with van der Waals surface area (Å²) in [5.41, 5.74) is 22.9. The van der Waals surface area contributed by atoms with Gasteiger partial charge in [-0.25, -0.2) is 19.6 Å². The van der Waals surface area contributed by atoms with Gasteiger partial charge >= 0.3 is 11.9 Å². The highest BCUT2D eigenvalue weighted by Crippen LogP contribution is 2.28. The number of aliphatic imine (C=N–C) groups is 2. The molecule has 10 atom stereocenters. The summed E-state index contributed by atoms with van der Waals surface area (Å²) in [6.45, 7) is 0.845. The van der Waals surface area contributed by atoms with Crippen molar-refractivity contribution in [2.75, 3.05) is 90.4 Å². The Balaban J connectivity index is 1.37. The lowest BCUT2D eigenvalue weighted by Crippen LogP contribution is -2.60. The number of aliphatic hydroxyl groups excluding tert-OH is 4. The number of carbonyl (C=O) groups is 7. The number of nitrogens with zero attached hydrogens (tertiary/aromatic N) is 9. The number of alkyl halides is 1. The second-order valence-electron chi connectivity index (χ2n) is 18.9. The van der Waals surface area contributed by atoms with E-state index in [1.165, 1.54) is 26.7 Å². The van der Waals surface area contributed by atoms with Crippen LogP contribution >= 0.6 is 22.6 Å². The normalized spacial score (nSPS) is 19.5. The van der Waals surface area contributed by atoms with Crippen LogP contribution in [-0.4, -0.2) is 270 Å². The Morgan fingerprint density at radius 1 is 0.655 bits per heavy atom. The average molecular weight is 1350 g/mol. The minimum Gasteiger partial charge on any atom is -0.478 e. The van der Waals surface area contributed by atoms with E-state index < -0.39 is 146 Å². The maximum atomic E-state index is 13.8. The molecule has 0 bridgehead atoms. The lowest BCUT2D eigenvalue weighted by atomic mass is 9.92. The van der Waals surface area contributed by atoms with Gasteiger partial charge in [0, 0.05) is 26.9 Å². The predicted molar refractivity (Wildman–Crippen MR) is 303 cm³/mol. The number of aromatic nitrogens is 6. The standard InChI is InChI=1S/C48H76IN17O21/c1-26(69)56-39-30(58-47(50)51)15-34(45(76)77)86-43(39)41(32(71)21-67)84-23-36(73)54-4-6-65-19-28(60-62-65)17-64(38(75)3-8-80-9-10-81-11-12-82-13-14-83-25-49)18-29-20-66(63-61-29)7-5-55-37(74)24-85-42(33(72)22-68)44-40(57-27(2)70)31(59-48(52)53)16-35(87-44)46(78)79/h15-16,19-20,30-33,39-44,67-68,71-72H,3-14,17-18,21-25H2,1-2H3,(H,54,73)(H,55,74)(H,56,69)(H,57,70)(H,76,77)(H,78,79)(H4,50,51,58)(H4,52,53,59)/t30-,31-,32+,33+,39+,40+,41+,42+,43+,44+/m0/s1. The fourth-order valence-electron chi connectivity index (χ4n) is 8.41. The van der Waals surface area contributed by atoms with Gasteiger partial charge in [0.1, 0.15) is 49.0 Å². The molecule has 0 unspecified atom stereocenters. The Bertz CT molecular complexity index is 2520. The number of hydrogen-bond donors (Lipinski definition) is 14. The maximum Gasteiger partial charge on any atom is 0.370 e. The first-order valence-electron chi connectivity index (χ1n) is 26.8. The van der Waals surface area contributed by atoms with Gasteiger partial charge in [0.25, 0.3) is 0 Å². The number of hydrogen-bond acceptors (Lipinski definition) is 25. The Kier molecular flexibility index (Phi) is 31.4. The summed E-state index contributed by atoms with van der Waals surface area (Å²) in [6, 6.07) is -4.92. The van der Waals surface area contributed by atoms with Crippen molar-refractivity contribution in [2.24, 2.45) is 32.9 Å². The van der Waals surface area contributed by atoms with Crippen LogP contribution in [0, 0.1) is 0 Å². The van der Waals surface area contributed by atoms with Crippen LogP contribution in [0.1, 0.15) is 31.7 Å². The average Bonchev–Trinajstić information content (AvgIpc) is 2.14. The molecule has 18 N–H and O–H groups in total. The van der Waals surface area contributed by atoms with Gasteiger partial charge in [-0.15, -0.1) is 10.2 Å². The topological polar surface area (TPSA) is 556 Å². The number of amides is 5. The molecule has 0 aromatic carbocycles. The van der Waals surface area contributed by atoms with E-state index in [0.717, 1.165) is 26.0 Å². The van der Waals surface area contributed by atoms with Crippen molar-refractivity contribution in [3.8, 4) is 0 Å². The van der Waals surface area contributed by atoms with E-state index in [4.69, 9.17) is 60.8 Å². The molecule has 486 valence electrons. The number of aliphatic hydroxyl groups is 4. The number of rotatable bonds is 41. The molecule has 0 saturated heterocycles. The molecule has 0 fully saturated rings. The highest BCUT2D eigenvalue weighted by atomic mass is 127. The lowest BCUT2D eigenvalue weighted by Gasteiger charge is -2.40. The van der Waals surface area contributed by atoms with Crippen LogP contribution in [-0.2, 0) is 97.6 Å². The summed E-state index contributed by atoms with van der Waals surface area (Å²) in [6.07, 6.45) is -4.75. The molecule has 87 heavy (non-hydrogen) atoms. The van der Waals surface area contributed by atoms with Crippen LogP contribution in [0.25, 0.3) is 0 Å². The fraction of sp³-hybridized carbons (Fsp3) is 0.646. The van der Waals surface area contributed by atoms with Crippen molar-refractivity contribution >= 4 is 76.0 Å². The first-order chi connectivity index (χ1) is 41.5. The molecule has 2 aromatic rings. The Labute approximate surface area is 510 Å². The van der Waals surface area contributed by atoms with Crippen molar-refractivity contribution < 1.29 is 102 Å². The van der Waals surface area contributed by atoms with Crippen LogP contribution in [0.5, 0.6) is 0 Å². The molecule has 39 heteroatoms. The first kappa shape index (κ1) is 72.0. The SMILES string of the molecule is CC(=O)N[C@H]1[C@H]([C@H](OCC(=O)NCCn2cc(CN(Cc3cn(CCNC(=O)CO[C@@H]([C@@H]4OC(C(=O)O)=C[C@H](N=C(N)N)[C@H]4NC(C)=O)[C@H](O)CO)nn3)C(=O)CCOCCOCCOCCOCI)nn2)[C@H](O)CO)OC(C(=O)O)=C[C@@H]1N=C(N)N. The molecule has 4 heterocycles. The summed E-state index contributed by atoms with van der Waals surface area (Å²) in [5.74, 6) is -8.39. The molecule has 2 aromatic heterocycles. The zero-order valence-electron chi connectivity index (χ0n) is 47.5. The van der Waals surface area contributed by atoms with Gasteiger partial charge in [-0.3, -0.25) is 33.3 Å². The molecule has 4 rings (SSSR count). The quantitative estimate of drug-likeness (QED) is 0.00967. The van der Waals surface area contributed by atoms with Crippen molar-refractivity contribution in [1.82, 2.24) is 56.2 Å². The summed E-state index contributed by atoms with van der Waals surface area (Å²) in [4.78, 5) is 97.6. The molecule has 5 amide bonds. The number of carbonyl (C=O) groups excluding carboxylic acids is 5. The molecule has 0 saturated carbocycles. The molecule has 0 radical (unpaired) electrons. The fourth-order valence-corrected chi connectivity index (χ4v) is 8.72. The molecule has 2 aliphatic rings. The Morgan fingerprint density at radius 2 is 1.05 bits per heavy atom. The maximum absolute atomic E-state index is 13.8. The third-order valence-electron chi connectivity index (χ3n) is 12.2. The Hall–Kier alpha value is -7.48.